The molecule has 3 nitrogen and oxygen atoms in total. The van der Waals surface area contributed by atoms with Gasteiger partial charge in [-0.05, 0) is 18.4 Å². The Labute approximate surface area is 99.7 Å². The number of aromatic nitrogens is 3. The van der Waals surface area contributed by atoms with E-state index in [0.717, 1.165) is 18.0 Å². The maximum Gasteiger partial charge on any atom is 0.183 e. The van der Waals surface area contributed by atoms with Crippen LogP contribution in [0.15, 0.2) is 41.8 Å². The van der Waals surface area contributed by atoms with Crippen LogP contribution in [-0.2, 0) is 6.42 Å². The number of aromatic amines is 1. The van der Waals surface area contributed by atoms with Gasteiger partial charge in [0.2, 0.25) is 0 Å². The fourth-order valence-electron chi connectivity index (χ4n) is 1.52. The molecule has 1 N–H and O–H groups in total. The number of nitrogens with zero attached hydrogens (tertiary/aromatic N) is 2. The molecule has 0 bridgehead atoms. The van der Waals surface area contributed by atoms with Crippen LogP contribution in [0.25, 0.3) is 0 Å². The summed E-state index contributed by atoms with van der Waals surface area (Å²) in [6.07, 6.45) is 3.81. The molecule has 0 saturated carbocycles. The van der Waals surface area contributed by atoms with Gasteiger partial charge in [-0.2, -0.15) is 5.10 Å². The van der Waals surface area contributed by atoms with Gasteiger partial charge in [0.25, 0.3) is 0 Å². The molecule has 1 heterocycles. The van der Waals surface area contributed by atoms with E-state index in [0.29, 0.717) is 5.25 Å². The monoisotopic (exact) mass is 233 g/mol. The second kappa shape index (κ2) is 5.70. The van der Waals surface area contributed by atoms with Crippen LogP contribution < -0.4 is 0 Å². The molecule has 0 aliphatic rings. The molecule has 0 radical (unpaired) electrons. The molecule has 0 spiro atoms. The van der Waals surface area contributed by atoms with Gasteiger partial charge in [-0.1, -0.05) is 49.0 Å². The van der Waals surface area contributed by atoms with E-state index in [1.54, 1.807) is 18.1 Å². The lowest BCUT2D eigenvalue weighted by Gasteiger charge is -2.08. The molecule has 84 valence electrons. The summed E-state index contributed by atoms with van der Waals surface area (Å²) in [6.45, 7) is 2.22. The first-order valence-electron chi connectivity index (χ1n) is 5.40. The second-order valence-electron chi connectivity index (χ2n) is 3.74. The smallest absolute Gasteiger partial charge is 0.183 e. The van der Waals surface area contributed by atoms with Crippen molar-refractivity contribution in [3.8, 4) is 0 Å². The van der Waals surface area contributed by atoms with Gasteiger partial charge in [-0.15, -0.1) is 0 Å². The van der Waals surface area contributed by atoms with Crippen molar-refractivity contribution in [2.45, 2.75) is 30.2 Å². The molecular weight excluding hydrogens is 218 g/mol. The highest BCUT2D eigenvalue weighted by Crippen LogP contribution is 2.22. The van der Waals surface area contributed by atoms with E-state index in [4.69, 9.17) is 0 Å². The number of nitrogens with one attached hydrogen (secondary N) is 1. The average Bonchev–Trinajstić information content (AvgIpc) is 2.81. The van der Waals surface area contributed by atoms with E-state index in [1.165, 1.54) is 5.56 Å². The summed E-state index contributed by atoms with van der Waals surface area (Å²) in [6, 6.07) is 10.6. The Bertz CT molecular complexity index is 399. The Balaban J connectivity index is 1.78. The average molecular weight is 233 g/mol. The third kappa shape index (κ3) is 3.38. The van der Waals surface area contributed by atoms with Crippen LogP contribution in [0.3, 0.4) is 0 Å². The topological polar surface area (TPSA) is 41.6 Å². The van der Waals surface area contributed by atoms with E-state index in [9.17, 15) is 0 Å². The second-order valence-corrected chi connectivity index (χ2v) is 5.17. The number of rotatable bonds is 5. The van der Waals surface area contributed by atoms with Gasteiger partial charge in [-0.25, -0.2) is 4.98 Å². The Morgan fingerprint density at radius 2 is 2.12 bits per heavy atom. The molecule has 2 rings (SSSR count). The normalized spacial score (nSPS) is 12.6. The lowest BCUT2D eigenvalue weighted by Crippen LogP contribution is -1.99. The fourth-order valence-corrected chi connectivity index (χ4v) is 2.35. The molecule has 0 amide bonds. The SMILES string of the molecule is CC(CCc1ccccc1)Sc1ncn[nH]1. The molecule has 4 heteroatoms. The van der Waals surface area contributed by atoms with Crippen LogP contribution >= 0.6 is 11.8 Å². The predicted octanol–water partition coefficient (Wildman–Crippen LogP) is 2.92. The molecular formula is C12H15N3S. The maximum atomic E-state index is 4.11. The quantitative estimate of drug-likeness (QED) is 0.807. The van der Waals surface area contributed by atoms with Crippen LogP contribution in [0.2, 0.25) is 0 Å². The summed E-state index contributed by atoms with van der Waals surface area (Å²) in [4.78, 5) is 4.11. The molecule has 0 saturated heterocycles. The highest BCUT2D eigenvalue weighted by molar-refractivity contribution is 7.99. The zero-order valence-electron chi connectivity index (χ0n) is 9.26. The van der Waals surface area contributed by atoms with Gasteiger partial charge in [0.1, 0.15) is 6.33 Å². The number of hydrogen-bond acceptors (Lipinski definition) is 3. The molecule has 1 unspecified atom stereocenters. The first kappa shape index (κ1) is 11.2. The summed E-state index contributed by atoms with van der Waals surface area (Å²) >= 11 is 1.74. The molecule has 1 aromatic carbocycles. The fraction of sp³-hybridized carbons (Fsp3) is 0.333. The summed E-state index contributed by atoms with van der Waals surface area (Å²) in [5.41, 5.74) is 1.40. The van der Waals surface area contributed by atoms with Gasteiger partial charge >= 0.3 is 0 Å². The van der Waals surface area contributed by atoms with Crippen LogP contribution in [-0.4, -0.2) is 20.4 Å². The molecule has 0 fully saturated rings. The molecule has 0 aliphatic heterocycles. The molecule has 0 aliphatic carbocycles. The maximum absolute atomic E-state index is 4.11. The van der Waals surface area contributed by atoms with Gasteiger partial charge < -0.3 is 0 Å². The van der Waals surface area contributed by atoms with E-state index >= 15 is 0 Å². The zero-order valence-corrected chi connectivity index (χ0v) is 10.1. The summed E-state index contributed by atoms with van der Waals surface area (Å²) < 4.78 is 0. The Hall–Kier alpha value is -1.29. The Morgan fingerprint density at radius 3 is 2.81 bits per heavy atom. The summed E-state index contributed by atoms with van der Waals surface area (Å²) in [5.74, 6) is 0. The first-order chi connectivity index (χ1) is 7.84. The Morgan fingerprint density at radius 1 is 1.31 bits per heavy atom. The minimum atomic E-state index is 0.549. The molecule has 16 heavy (non-hydrogen) atoms. The van der Waals surface area contributed by atoms with Crippen LogP contribution in [0.4, 0.5) is 0 Å². The van der Waals surface area contributed by atoms with Crippen LogP contribution in [0.1, 0.15) is 18.9 Å². The van der Waals surface area contributed by atoms with Gasteiger partial charge in [0, 0.05) is 5.25 Å². The van der Waals surface area contributed by atoms with Crippen molar-refractivity contribution in [1.29, 1.82) is 0 Å². The Kier molecular flexibility index (Phi) is 3.99. The predicted molar refractivity (Wildman–Crippen MR) is 66.5 cm³/mol. The highest BCUT2D eigenvalue weighted by Gasteiger charge is 2.06. The minimum Gasteiger partial charge on any atom is -0.254 e. The zero-order chi connectivity index (χ0) is 11.2. The molecule has 2 aromatic rings. The van der Waals surface area contributed by atoms with Gasteiger partial charge in [0.05, 0.1) is 0 Å². The highest BCUT2D eigenvalue weighted by atomic mass is 32.2. The van der Waals surface area contributed by atoms with Crippen molar-refractivity contribution in [3.63, 3.8) is 0 Å². The largest absolute Gasteiger partial charge is 0.254 e. The number of hydrogen-bond donors (Lipinski definition) is 1. The van der Waals surface area contributed by atoms with E-state index < -0.39 is 0 Å². The minimum absolute atomic E-state index is 0.549. The van der Waals surface area contributed by atoms with Crippen molar-refractivity contribution in [1.82, 2.24) is 15.2 Å². The summed E-state index contributed by atoms with van der Waals surface area (Å²) in [7, 11) is 0. The third-order valence-corrected chi connectivity index (χ3v) is 3.45. The lowest BCUT2D eigenvalue weighted by molar-refractivity contribution is 0.805. The lowest BCUT2D eigenvalue weighted by atomic mass is 10.1. The van der Waals surface area contributed by atoms with Crippen molar-refractivity contribution in [2.75, 3.05) is 0 Å². The molecule has 1 atom stereocenters. The summed E-state index contributed by atoms with van der Waals surface area (Å²) in [5, 5.41) is 8.16. The van der Waals surface area contributed by atoms with E-state index in [1.807, 2.05) is 0 Å². The first-order valence-corrected chi connectivity index (χ1v) is 6.28. The van der Waals surface area contributed by atoms with Crippen molar-refractivity contribution in [2.24, 2.45) is 0 Å². The third-order valence-electron chi connectivity index (χ3n) is 2.39. The standard InChI is InChI=1S/C12H15N3S/c1-10(16-12-13-9-14-15-12)7-8-11-5-3-2-4-6-11/h2-6,9-10H,7-8H2,1H3,(H,13,14,15). The van der Waals surface area contributed by atoms with E-state index in [2.05, 4.69) is 52.4 Å². The number of aryl methyl sites for hydroxylation is 1. The van der Waals surface area contributed by atoms with E-state index in [-0.39, 0.29) is 0 Å². The van der Waals surface area contributed by atoms with Crippen LogP contribution in [0, 0.1) is 0 Å². The molecule has 1 aromatic heterocycles. The van der Waals surface area contributed by atoms with Crippen molar-refractivity contribution >= 4 is 11.8 Å². The van der Waals surface area contributed by atoms with Crippen molar-refractivity contribution < 1.29 is 0 Å². The number of benzene rings is 1. The van der Waals surface area contributed by atoms with Gasteiger partial charge in [0.15, 0.2) is 5.16 Å². The van der Waals surface area contributed by atoms with Crippen LogP contribution in [0.5, 0.6) is 0 Å². The van der Waals surface area contributed by atoms with Gasteiger partial charge in [-0.3, -0.25) is 5.10 Å². The number of H-pyrrole nitrogens is 1. The van der Waals surface area contributed by atoms with Crippen molar-refractivity contribution in [3.05, 3.63) is 42.2 Å². The number of thioether (sulfide) groups is 1.